The van der Waals surface area contributed by atoms with E-state index >= 15 is 0 Å². The van der Waals surface area contributed by atoms with Gasteiger partial charge in [-0.15, -0.1) is 12.4 Å². The molecule has 0 unspecified atom stereocenters. The quantitative estimate of drug-likeness (QED) is 0.856. The smallest absolute Gasteiger partial charge is 0.253 e. The van der Waals surface area contributed by atoms with E-state index in [0.29, 0.717) is 5.92 Å². The van der Waals surface area contributed by atoms with Crippen molar-refractivity contribution in [2.24, 2.45) is 11.7 Å². The second-order valence-electron chi connectivity index (χ2n) is 5.68. The third-order valence-corrected chi connectivity index (χ3v) is 4.78. The number of fused-ring (bicyclic) bond motifs is 1. The number of rotatable bonds is 2. The van der Waals surface area contributed by atoms with Crippen LogP contribution >= 0.6 is 28.3 Å². The van der Waals surface area contributed by atoms with E-state index in [-0.39, 0.29) is 18.3 Å². The van der Waals surface area contributed by atoms with Crippen molar-refractivity contribution >= 4 is 45.0 Å². The first kappa shape index (κ1) is 17.3. The fraction of sp³-hybridized carbons (Fsp3) is 0.353. The minimum absolute atomic E-state index is 0. The molecule has 2 N–H and O–H groups in total. The highest BCUT2D eigenvalue weighted by Crippen LogP contribution is 2.23. The molecular weight excluding hydrogens is 364 g/mol. The molecule has 3 rings (SSSR count). The minimum Gasteiger partial charge on any atom is -0.339 e. The van der Waals surface area contributed by atoms with E-state index in [2.05, 4.69) is 22.0 Å². The van der Waals surface area contributed by atoms with Crippen LogP contribution in [-0.2, 0) is 0 Å². The number of hydrogen-bond donors (Lipinski definition) is 1. The Balaban J connectivity index is 0.00000176. The molecule has 1 aliphatic rings. The number of nitrogens with zero attached hydrogens (tertiary/aromatic N) is 1. The summed E-state index contributed by atoms with van der Waals surface area (Å²) in [4.78, 5) is 14.5. The number of carbonyl (C=O) groups excluding carboxylic acids is 1. The van der Waals surface area contributed by atoms with Crippen molar-refractivity contribution in [1.29, 1.82) is 0 Å². The minimum atomic E-state index is 0. The van der Waals surface area contributed by atoms with Crippen molar-refractivity contribution in [3.63, 3.8) is 0 Å². The van der Waals surface area contributed by atoms with Gasteiger partial charge in [0, 0.05) is 23.1 Å². The molecule has 1 fully saturated rings. The number of benzene rings is 2. The second kappa shape index (κ2) is 7.44. The normalized spacial score (nSPS) is 15.6. The molecule has 118 valence electrons. The third kappa shape index (κ3) is 3.62. The lowest BCUT2D eigenvalue weighted by atomic mass is 9.96. The maximum atomic E-state index is 12.6. The third-order valence-electron chi connectivity index (χ3n) is 4.28. The van der Waals surface area contributed by atoms with Gasteiger partial charge in [0.2, 0.25) is 0 Å². The molecule has 1 heterocycles. The highest BCUT2D eigenvalue weighted by Gasteiger charge is 2.22. The Morgan fingerprint density at radius 1 is 1.14 bits per heavy atom. The molecule has 3 nitrogen and oxygen atoms in total. The molecule has 2 aromatic rings. The van der Waals surface area contributed by atoms with Crippen LogP contribution in [0.2, 0.25) is 0 Å². The Kier molecular flexibility index (Phi) is 5.84. The lowest BCUT2D eigenvalue weighted by Crippen LogP contribution is -2.40. The van der Waals surface area contributed by atoms with Crippen LogP contribution in [0.15, 0.2) is 40.9 Å². The summed E-state index contributed by atoms with van der Waals surface area (Å²) < 4.78 is 1.05. The van der Waals surface area contributed by atoms with Gasteiger partial charge in [-0.3, -0.25) is 4.79 Å². The zero-order valence-electron chi connectivity index (χ0n) is 12.3. The van der Waals surface area contributed by atoms with Crippen LogP contribution < -0.4 is 5.73 Å². The van der Waals surface area contributed by atoms with Gasteiger partial charge in [-0.1, -0.05) is 28.1 Å². The topological polar surface area (TPSA) is 46.3 Å². The summed E-state index contributed by atoms with van der Waals surface area (Å²) in [6.07, 6.45) is 2.03. The Labute approximate surface area is 145 Å². The number of piperidine rings is 1. The van der Waals surface area contributed by atoms with Crippen LogP contribution in [-0.4, -0.2) is 30.4 Å². The summed E-state index contributed by atoms with van der Waals surface area (Å²) in [7, 11) is 0. The standard InChI is InChI=1S/C17H19BrN2O.ClH/c18-16-4-3-13-9-15(2-1-14(13)10-16)17(21)20-7-5-12(11-19)6-8-20;/h1-4,9-10,12H,5-8,11,19H2;1H. The van der Waals surface area contributed by atoms with Crippen LogP contribution in [0.5, 0.6) is 0 Å². The highest BCUT2D eigenvalue weighted by atomic mass is 79.9. The number of halogens is 2. The van der Waals surface area contributed by atoms with Crippen molar-refractivity contribution in [2.75, 3.05) is 19.6 Å². The molecule has 22 heavy (non-hydrogen) atoms. The molecule has 1 aliphatic heterocycles. The van der Waals surface area contributed by atoms with Gasteiger partial charge in [-0.25, -0.2) is 0 Å². The van der Waals surface area contributed by atoms with Crippen LogP contribution in [0.4, 0.5) is 0 Å². The van der Waals surface area contributed by atoms with Crippen molar-refractivity contribution in [3.8, 4) is 0 Å². The van der Waals surface area contributed by atoms with E-state index in [1.807, 2.05) is 35.2 Å². The predicted molar refractivity (Wildman–Crippen MR) is 96.6 cm³/mol. The fourth-order valence-electron chi connectivity index (χ4n) is 2.90. The van der Waals surface area contributed by atoms with E-state index in [4.69, 9.17) is 5.73 Å². The molecule has 5 heteroatoms. The first-order valence-corrected chi connectivity index (χ1v) is 8.15. The van der Waals surface area contributed by atoms with Gasteiger partial charge < -0.3 is 10.6 Å². The first-order chi connectivity index (χ1) is 10.2. The highest BCUT2D eigenvalue weighted by molar-refractivity contribution is 9.10. The lowest BCUT2D eigenvalue weighted by Gasteiger charge is -2.31. The SMILES string of the molecule is Cl.NCC1CCN(C(=O)c2ccc3cc(Br)ccc3c2)CC1. The largest absolute Gasteiger partial charge is 0.339 e. The summed E-state index contributed by atoms with van der Waals surface area (Å²) in [5, 5.41) is 2.24. The van der Waals surface area contributed by atoms with Crippen LogP contribution in [0, 0.1) is 5.92 Å². The molecule has 1 saturated heterocycles. The van der Waals surface area contributed by atoms with Gasteiger partial charge in [-0.05, 0) is 60.3 Å². The molecule has 0 saturated carbocycles. The Morgan fingerprint density at radius 3 is 2.45 bits per heavy atom. The number of amides is 1. The molecule has 0 atom stereocenters. The summed E-state index contributed by atoms with van der Waals surface area (Å²) in [5.41, 5.74) is 6.48. The molecule has 0 radical (unpaired) electrons. The van der Waals surface area contributed by atoms with Crippen LogP contribution in [0.3, 0.4) is 0 Å². The molecule has 1 amide bonds. The average molecular weight is 384 g/mol. The molecule has 0 aliphatic carbocycles. The molecule has 0 bridgehead atoms. The predicted octanol–water partition coefficient (Wildman–Crippen LogP) is 3.84. The van der Waals surface area contributed by atoms with Crippen molar-refractivity contribution < 1.29 is 4.79 Å². The molecular formula is C17H20BrClN2O. The number of nitrogens with two attached hydrogens (primary N) is 1. The van der Waals surface area contributed by atoms with Gasteiger partial charge in [0.15, 0.2) is 0 Å². The van der Waals surface area contributed by atoms with Gasteiger partial charge in [0.1, 0.15) is 0 Å². The van der Waals surface area contributed by atoms with E-state index in [1.165, 1.54) is 0 Å². The zero-order valence-corrected chi connectivity index (χ0v) is 14.7. The van der Waals surface area contributed by atoms with Crippen molar-refractivity contribution in [2.45, 2.75) is 12.8 Å². The number of carbonyl (C=O) groups is 1. The van der Waals surface area contributed by atoms with Crippen molar-refractivity contribution in [1.82, 2.24) is 4.90 Å². The first-order valence-electron chi connectivity index (χ1n) is 7.36. The average Bonchev–Trinajstić information content (AvgIpc) is 2.53. The second-order valence-corrected chi connectivity index (χ2v) is 6.59. The summed E-state index contributed by atoms with van der Waals surface area (Å²) in [6, 6.07) is 12.0. The van der Waals surface area contributed by atoms with E-state index in [1.54, 1.807) is 0 Å². The number of hydrogen-bond acceptors (Lipinski definition) is 2. The van der Waals surface area contributed by atoms with E-state index < -0.39 is 0 Å². The van der Waals surface area contributed by atoms with Crippen molar-refractivity contribution in [3.05, 3.63) is 46.4 Å². The maximum absolute atomic E-state index is 12.6. The van der Waals surface area contributed by atoms with E-state index in [0.717, 1.165) is 53.3 Å². The van der Waals surface area contributed by atoms with Crippen LogP contribution in [0.25, 0.3) is 10.8 Å². The number of likely N-dealkylation sites (tertiary alicyclic amines) is 1. The molecule has 2 aromatic carbocycles. The lowest BCUT2D eigenvalue weighted by molar-refractivity contribution is 0.0693. The van der Waals surface area contributed by atoms with Gasteiger partial charge in [0.25, 0.3) is 5.91 Å². The maximum Gasteiger partial charge on any atom is 0.253 e. The van der Waals surface area contributed by atoms with Crippen LogP contribution in [0.1, 0.15) is 23.2 Å². The molecule has 0 aromatic heterocycles. The van der Waals surface area contributed by atoms with Gasteiger partial charge >= 0.3 is 0 Å². The Bertz CT molecular complexity index is 669. The zero-order chi connectivity index (χ0) is 14.8. The summed E-state index contributed by atoms with van der Waals surface area (Å²) in [6.45, 7) is 2.37. The summed E-state index contributed by atoms with van der Waals surface area (Å²) in [5.74, 6) is 0.707. The Morgan fingerprint density at radius 2 is 1.77 bits per heavy atom. The Hall–Kier alpha value is -1.10. The fourth-order valence-corrected chi connectivity index (χ4v) is 3.28. The molecule has 0 spiro atoms. The van der Waals surface area contributed by atoms with Gasteiger partial charge in [0.05, 0.1) is 0 Å². The monoisotopic (exact) mass is 382 g/mol. The van der Waals surface area contributed by atoms with Gasteiger partial charge in [-0.2, -0.15) is 0 Å². The summed E-state index contributed by atoms with van der Waals surface area (Å²) >= 11 is 3.47. The van der Waals surface area contributed by atoms with E-state index in [9.17, 15) is 4.79 Å².